The molecule has 0 aliphatic rings. The molecule has 5 heteroatoms. The number of carboxylic acids is 1. The van der Waals surface area contributed by atoms with Gasteiger partial charge in [0.05, 0.1) is 6.61 Å². The zero-order chi connectivity index (χ0) is 16.5. The van der Waals surface area contributed by atoms with Crippen molar-refractivity contribution >= 4 is 11.9 Å². The lowest BCUT2D eigenvalue weighted by molar-refractivity contribution is -0.144. The summed E-state index contributed by atoms with van der Waals surface area (Å²) in [4.78, 5) is 23.3. The molecule has 1 rings (SSSR count). The predicted molar refractivity (Wildman–Crippen MR) is 84.7 cm³/mol. The highest BCUT2D eigenvalue weighted by molar-refractivity contribution is 5.84. The van der Waals surface area contributed by atoms with Crippen molar-refractivity contribution in [3.05, 3.63) is 30.3 Å². The Kier molecular flexibility index (Phi) is 7.43. The summed E-state index contributed by atoms with van der Waals surface area (Å²) in [5, 5.41) is 11.8. The molecule has 0 aromatic heterocycles. The van der Waals surface area contributed by atoms with E-state index in [-0.39, 0.29) is 17.7 Å². The third-order valence-electron chi connectivity index (χ3n) is 3.79. The Morgan fingerprint density at radius 2 is 1.86 bits per heavy atom. The molecule has 0 heterocycles. The van der Waals surface area contributed by atoms with E-state index < -0.39 is 12.0 Å². The minimum absolute atomic E-state index is 0.103. The maximum Gasteiger partial charge on any atom is 0.326 e. The van der Waals surface area contributed by atoms with Gasteiger partial charge < -0.3 is 15.2 Å². The van der Waals surface area contributed by atoms with Gasteiger partial charge >= 0.3 is 5.97 Å². The van der Waals surface area contributed by atoms with Crippen LogP contribution < -0.4 is 10.1 Å². The lowest BCUT2D eigenvalue weighted by Crippen LogP contribution is -2.47. The van der Waals surface area contributed by atoms with Crippen LogP contribution in [0, 0.1) is 11.8 Å². The summed E-state index contributed by atoms with van der Waals surface area (Å²) in [5.41, 5.74) is 0. The number of para-hydroxylation sites is 1. The SMILES string of the molecule is CC[C@H](C)[C@H](NC(=O)C(C)CCOc1ccccc1)C(=O)O. The molecule has 1 aromatic rings. The number of benzene rings is 1. The standard InChI is InChI=1S/C17H25NO4/c1-4-12(2)15(17(20)21)18-16(19)13(3)10-11-22-14-8-6-5-7-9-14/h5-9,12-13,15H,4,10-11H2,1-3H3,(H,18,19)(H,20,21)/t12-,13?,15-/m0/s1. The molecule has 0 aliphatic carbocycles. The highest BCUT2D eigenvalue weighted by Crippen LogP contribution is 2.12. The van der Waals surface area contributed by atoms with E-state index in [1.54, 1.807) is 6.92 Å². The molecule has 0 fully saturated rings. The topological polar surface area (TPSA) is 75.6 Å². The largest absolute Gasteiger partial charge is 0.494 e. The molecule has 0 bridgehead atoms. The second kappa shape index (κ2) is 9.07. The van der Waals surface area contributed by atoms with Crippen LogP contribution in [0.25, 0.3) is 0 Å². The summed E-state index contributed by atoms with van der Waals surface area (Å²) in [6.07, 6.45) is 1.23. The van der Waals surface area contributed by atoms with Crippen LogP contribution in [-0.2, 0) is 9.59 Å². The maximum atomic E-state index is 12.1. The fraction of sp³-hybridized carbons (Fsp3) is 0.529. The third-order valence-corrected chi connectivity index (χ3v) is 3.79. The highest BCUT2D eigenvalue weighted by atomic mass is 16.5. The van der Waals surface area contributed by atoms with E-state index in [1.165, 1.54) is 0 Å². The molecule has 22 heavy (non-hydrogen) atoms. The molecule has 1 aromatic carbocycles. The first-order valence-electron chi connectivity index (χ1n) is 7.66. The Hall–Kier alpha value is -2.04. The van der Waals surface area contributed by atoms with Crippen LogP contribution in [0.15, 0.2) is 30.3 Å². The number of aliphatic carboxylic acids is 1. The Balaban J connectivity index is 2.42. The Morgan fingerprint density at radius 3 is 2.41 bits per heavy atom. The van der Waals surface area contributed by atoms with E-state index >= 15 is 0 Å². The van der Waals surface area contributed by atoms with Gasteiger partial charge in [0, 0.05) is 5.92 Å². The molecule has 122 valence electrons. The Morgan fingerprint density at radius 1 is 1.23 bits per heavy atom. The molecule has 0 saturated heterocycles. The maximum absolute atomic E-state index is 12.1. The van der Waals surface area contributed by atoms with Gasteiger partial charge in [-0.15, -0.1) is 0 Å². The van der Waals surface area contributed by atoms with Crippen molar-refractivity contribution in [1.82, 2.24) is 5.32 Å². The molecular weight excluding hydrogens is 282 g/mol. The van der Waals surface area contributed by atoms with Crippen LogP contribution in [0.3, 0.4) is 0 Å². The first kappa shape index (κ1) is 18.0. The summed E-state index contributed by atoms with van der Waals surface area (Å²) in [6, 6.07) is 8.55. The van der Waals surface area contributed by atoms with E-state index in [1.807, 2.05) is 44.2 Å². The number of hydrogen-bond acceptors (Lipinski definition) is 3. The number of rotatable bonds is 9. The second-order valence-electron chi connectivity index (χ2n) is 5.56. The summed E-state index contributed by atoms with van der Waals surface area (Å²) in [6.45, 7) is 5.92. The smallest absolute Gasteiger partial charge is 0.326 e. The van der Waals surface area contributed by atoms with Gasteiger partial charge in [-0.1, -0.05) is 45.4 Å². The molecule has 0 spiro atoms. The molecule has 0 aliphatic heterocycles. The molecule has 1 amide bonds. The van der Waals surface area contributed by atoms with Gasteiger partial charge in [0.1, 0.15) is 11.8 Å². The third kappa shape index (κ3) is 5.76. The van der Waals surface area contributed by atoms with Crippen molar-refractivity contribution in [1.29, 1.82) is 0 Å². The lowest BCUT2D eigenvalue weighted by Gasteiger charge is -2.22. The van der Waals surface area contributed by atoms with Crippen molar-refractivity contribution in [2.45, 2.75) is 39.7 Å². The van der Waals surface area contributed by atoms with Crippen LogP contribution in [0.2, 0.25) is 0 Å². The molecular formula is C17H25NO4. The molecule has 0 radical (unpaired) electrons. The number of hydrogen-bond donors (Lipinski definition) is 2. The summed E-state index contributed by atoms with van der Waals surface area (Å²) >= 11 is 0. The zero-order valence-electron chi connectivity index (χ0n) is 13.4. The lowest BCUT2D eigenvalue weighted by atomic mass is 9.98. The van der Waals surface area contributed by atoms with Crippen molar-refractivity contribution in [3.8, 4) is 5.75 Å². The normalized spacial score (nSPS) is 14.7. The fourth-order valence-corrected chi connectivity index (χ4v) is 1.98. The number of carbonyl (C=O) groups is 2. The van der Waals surface area contributed by atoms with E-state index in [2.05, 4.69) is 5.32 Å². The molecule has 0 saturated carbocycles. The highest BCUT2D eigenvalue weighted by Gasteiger charge is 2.27. The average molecular weight is 307 g/mol. The van der Waals surface area contributed by atoms with E-state index in [9.17, 15) is 14.7 Å². The monoisotopic (exact) mass is 307 g/mol. The van der Waals surface area contributed by atoms with Gasteiger partial charge in [0.2, 0.25) is 5.91 Å². The molecule has 1 unspecified atom stereocenters. The predicted octanol–water partition coefficient (Wildman–Crippen LogP) is 2.71. The fourth-order valence-electron chi connectivity index (χ4n) is 1.98. The van der Waals surface area contributed by atoms with Crippen LogP contribution >= 0.6 is 0 Å². The minimum atomic E-state index is -0.990. The van der Waals surface area contributed by atoms with E-state index in [4.69, 9.17) is 4.74 Å². The van der Waals surface area contributed by atoms with Crippen LogP contribution in [0.4, 0.5) is 0 Å². The summed E-state index contributed by atoms with van der Waals surface area (Å²) < 4.78 is 5.55. The number of nitrogens with one attached hydrogen (secondary N) is 1. The van der Waals surface area contributed by atoms with Crippen LogP contribution in [0.5, 0.6) is 5.75 Å². The Labute approximate surface area is 131 Å². The van der Waals surface area contributed by atoms with Gasteiger partial charge in [0.25, 0.3) is 0 Å². The van der Waals surface area contributed by atoms with Gasteiger partial charge in [-0.3, -0.25) is 4.79 Å². The van der Waals surface area contributed by atoms with Gasteiger partial charge in [-0.05, 0) is 24.5 Å². The molecule has 5 nitrogen and oxygen atoms in total. The van der Waals surface area contributed by atoms with Crippen molar-refractivity contribution in [3.63, 3.8) is 0 Å². The Bertz CT molecular complexity index is 475. The molecule has 2 N–H and O–H groups in total. The first-order chi connectivity index (χ1) is 10.5. The van der Waals surface area contributed by atoms with Crippen molar-refractivity contribution in [2.24, 2.45) is 11.8 Å². The van der Waals surface area contributed by atoms with E-state index in [0.717, 1.165) is 5.75 Å². The minimum Gasteiger partial charge on any atom is -0.494 e. The molecule has 3 atom stereocenters. The number of carbonyl (C=O) groups excluding carboxylic acids is 1. The average Bonchev–Trinajstić information content (AvgIpc) is 2.52. The van der Waals surface area contributed by atoms with Crippen molar-refractivity contribution < 1.29 is 19.4 Å². The quantitative estimate of drug-likeness (QED) is 0.735. The van der Waals surface area contributed by atoms with Crippen LogP contribution in [-0.4, -0.2) is 29.6 Å². The van der Waals surface area contributed by atoms with Crippen molar-refractivity contribution in [2.75, 3.05) is 6.61 Å². The number of amides is 1. The first-order valence-corrected chi connectivity index (χ1v) is 7.66. The van der Waals surface area contributed by atoms with Crippen LogP contribution in [0.1, 0.15) is 33.6 Å². The summed E-state index contributed by atoms with van der Waals surface area (Å²) in [7, 11) is 0. The zero-order valence-corrected chi connectivity index (χ0v) is 13.4. The number of ether oxygens (including phenoxy) is 1. The second-order valence-corrected chi connectivity index (χ2v) is 5.56. The van der Waals surface area contributed by atoms with Gasteiger partial charge in [-0.2, -0.15) is 0 Å². The van der Waals surface area contributed by atoms with Gasteiger partial charge in [-0.25, -0.2) is 4.79 Å². The summed E-state index contributed by atoms with van der Waals surface area (Å²) in [5.74, 6) is -0.873. The van der Waals surface area contributed by atoms with Gasteiger partial charge in [0.15, 0.2) is 0 Å². The number of carboxylic acid groups (broad SMARTS) is 1. The van der Waals surface area contributed by atoms with E-state index in [0.29, 0.717) is 19.4 Å².